The maximum atomic E-state index is 13.4. The van der Waals surface area contributed by atoms with E-state index in [9.17, 15) is 27.2 Å². The molecule has 2 aromatic carbocycles. The fourth-order valence-electron chi connectivity index (χ4n) is 4.19. The van der Waals surface area contributed by atoms with Crippen molar-refractivity contribution in [2.75, 3.05) is 18.4 Å². The summed E-state index contributed by atoms with van der Waals surface area (Å²) in [5.41, 5.74) is 0.994. The average Bonchev–Trinajstić information content (AvgIpc) is 2.84. The molecule has 4 rings (SSSR count). The normalized spacial score (nSPS) is 14.6. The molecule has 1 fully saturated rings. The number of aryl methyl sites for hydroxylation is 1. The summed E-state index contributed by atoms with van der Waals surface area (Å²) in [7, 11) is 1.47. The summed E-state index contributed by atoms with van der Waals surface area (Å²) in [6.45, 7) is 0.897. The number of anilines is 2. The molecule has 1 amide bonds. The molecule has 0 spiro atoms. The number of halogens is 5. The molecule has 0 bridgehead atoms. The minimum atomic E-state index is -4.83. The Morgan fingerprint density at radius 1 is 1.06 bits per heavy atom. The lowest BCUT2D eigenvalue weighted by Crippen LogP contribution is -2.39. The highest BCUT2D eigenvalue weighted by Crippen LogP contribution is 2.32. The third kappa shape index (κ3) is 5.81. The Morgan fingerprint density at radius 3 is 2.25 bits per heavy atom. The quantitative estimate of drug-likeness (QED) is 0.427. The number of alkyl halides is 3. The van der Waals surface area contributed by atoms with Crippen LogP contribution in [0.5, 0.6) is 5.75 Å². The van der Waals surface area contributed by atoms with E-state index in [-0.39, 0.29) is 33.9 Å². The van der Waals surface area contributed by atoms with E-state index in [1.807, 2.05) is 0 Å². The zero-order chi connectivity index (χ0) is 26.0. The molecule has 190 valence electrons. The van der Waals surface area contributed by atoms with Crippen LogP contribution in [0.15, 0.2) is 59.5 Å². The molecule has 0 unspecified atom stereocenters. The van der Waals surface area contributed by atoms with Crippen molar-refractivity contribution in [3.8, 4) is 5.75 Å². The van der Waals surface area contributed by atoms with Crippen LogP contribution in [-0.4, -0.2) is 34.8 Å². The summed E-state index contributed by atoms with van der Waals surface area (Å²) in [6.07, 6.45) is -2.08. The molecule has 6 nitrogen and oxygen atoms in total. The van der Waals surface area contributed by atoms with Gasteiger partial charge in [0.15, 0.2) is 0 Å². The Bertz CT molecular complexity index is 1300. The van der Waals surface area contributed by atoms with E-state index in [0.717, 1.165) is 17.7 Å². The van der Waals surface area contributed by atoms with Crippen LogP contribution in [0.4, 0.5) is 28.9 Å². The van der Waals surface area contributed by atoms with E-state index in [4.69, 9.17) is 11.6 Å². The zero-order valence-corrected chi connectivity index (χ0v) is 19.9. The van der Waals surface area contributed by atoms with E-state index < -0.39 is 17.7 Å². The van der Waals surface area contributed by atoms with Gasteiger partial charge in [-0.15, -0.1) is 13.2 Å². The van der Waals surface area contributed by atoms with Gasteiger partial charge in [0.2, 0.25) is 0 Å². The van der Waals surface area contributed by atoms with Gasteiger partial charge in [0.05, 0.1) is 11.3 Å². The van der Waals surface area contributed by atoms with Gasteiger partial charge in [-0.1, -0.05) is 23.7 Å². The van der Waals surface area contributed by atoms with Crippen LogP contribution in [0.2, 0.25) is 5.02 Å². The Morgan fingerprint density at radius 2 is 1.67 bits per heavy atom. The highest BCUT2D eigenvalue weighted by atomic mass is 35.5. The minimum absolute atomic E-state index is 0.0647. The SMILES string of the molecule is Cn1cc(C(=O)N2CCC(c3ccc(F)cc3)CC2)c(Nc2ccc(OC(F)(F)F)cc2)c(Cl)c1=O. The fourth-order valence-corrected chi connectivity index (χ4v) is 4.47. The second kappa shape index (κ2) is 10.2. The molecular weight excluding hydrogens is 502 g/mol. The second-order valence-corrected chi connectivity index (χ2v) is 8.84. The molecule has 0 aliphatic carbocycles. The summed E-state index contributed by atoms with van der Waals surface area (Å²) >= 11 is 6.30. The standard InChI is InChI=1S/C25H22ClF4N3O3/c1-32-14-20(23(34)33-12-10-16(11-13-33)15-2-4-17(27)5-3-15)22(21(26)24(32)35)31-18-6-8-19(9-7-18)36-25(28,29)30/h2-9,14,16,31H,10-13H2,1H3. The number of likely N-dealkylation sites (tertiary alicyclic amines) is 1. The van der Waals surface area contributed by atoms with Crippen molar-refractivity contribution in [2.24, 2.45) is 7.05 Å². The number of nitrogens with one attached hydrogen (secondary N) is 1. The van der Waals surface area contributed by atoms with Crippen molar-refractivity contribution in [3.05, 3.63) is 87.0 Å². The van der Waals surface area contributed by atoms with E-state index in [1.54, 1.807) is 17.0 Å². The van der Waals surface area contributed by atoms with Crippen molar-refractivity contribution < 1.29 is 27.1 Å². The number of nitrogens with zero attached hydrogens (tertiary/aromatic N) is 2. The number of rotatable bonds is 5. The number of hydrogen-bond donors (Lipinski definition) is 1. The summed E-state index contributed by atoms with van der Waals surface area (Å²) in [6, 6.07) is 11.2. The molecular formula is C25H22ClF4N3O3. The summed E-state index contributed by atoms with van der Waals surface area (Å²) in [5, 5.41) is 2.67. The second-order valence-electron chi connectivity index (χ2n) is 8.46. The smallest absolute Gasteiger partial charge is 0.406 e. The van der Waals surface area contributed by atoms with Crippen LogP contribution in [0.3, 0.4) is 0 Å². The molecule has 1 aromatic heterocycles. The van der Waals surface area contributed by atoms with Gasteiger partial charge >= 0.3 is 6.36 Å². The Hall–Kier alpha value is -3.53. The van der Waals surface area contributed by atoms with Crippen LogP contribution < -0.4 is 15.6 Å². The number of piperidine rings is 1. The largest absolute Gasteiger partial charge is 0.573 e. The molecule has 1 aliphatic rings. The Balaban J connectivity index is 1.54. The molecule has 1 saturated heterocycles. The van der Waals surface area contributed by atoms with Crippen molar-refractivity contribution in [3.63, 3.8) is 0 Å². The Kier molecular flexibility index (Phi) is 7.26. The maximum absolute atomic E-state index is 13.4. The van der Waals surface area contributed by atoms with E-state index in [2.05, 4.69) is 10.1 Å². The van der Waals surface area contributed by atoms with Crippen LogP contribution in [-0.2, 0) is 7.05 Å². The first kappa shape index (κ1) is 25.6. The lowest BCUT2D eigenvalue weighted by Gasteiger charge is -2.33. The fraction of sp³-hybridized carbons (Fsp3) is 0.280. The molecule has 0 saturated carbocycles. The number of carbonyl (C=O) groups excluding carboxylic acids is 1. The molecule has 2 heterocycles. The zero-order valence-electron chi connectivity index (χ0n) is 19.1. The van der Waals surface area contributed by atoms with Crippen molar-refractivity contribution >= 4 is 28.9 Å². The number of pyridine rings is 1. The van der Waals surface area contributed by atoms with Gasteiger partial charge in [-0.25, -0.2) is 4.39 Å². The van der Waals surface area contributed by atoms with Crippen molar-refractivity contribution in [2.45, 2.75) is 25.1 Å². The van der Waals surface area contributed by atoms with Gasteiger partial charge in [-0.3, -0.25) is 9.59 Å². The van der Waals surface area contributed by atoms with Crippen LogP contribution >= 0.6 is 11.6 Å². The summed E-state index contributed by atoms with van der Waals surface area (Å²) in [5.74, 6) is -0.873. The highest BCUT2D eigenvalue weighted by molar-refractivity contribution is 6.34. The first-order valence-corrected chi connectivity index (χ1v) is 11.5. The Labute approximate surface area is 209 Å². The van der Waals surface area contributed by atoms with Crippen LogP contribution in [0.25, 0.3) is 0 Å². The monoisotopic (exact) mass is 523 g/mol. The van der Waals surface area contributed by atoms with E-state index in [0.29, 0.717) is 31.6 Å². The maximum Gasteiger partial charge on any atom is 0.573 e. The third-order valence-corrected chi connectivity index (χ3v) is 6.38. The topological polar surface area (TPSA) is 63.6 Å². The lowest BCUT2D eigenvalue weighted by atomic mass is 9.89. The highest BCUT2D eigenvalue weighted by Gasteiger charge is 2.31. The number of amides is 1. The number of benzene rings is 2. The molecule has 11 heteroatoms. The number of ether oxygens (including phenoxy) is 1. The molecule has 0 radical (unpaired) electrons. The first-order chi connectivity index (χ1) is 17.0. The first-order valence-electron chi connectivity index (χ1n) is 11.1. The van der Waals surface area contributed by atoms with Gasteiger partial charge in [0, 0.05) is 32.0 Å². The minimum Gasteiger partial charge on any atom is -0.406 e. The van der Waals surface area contributed by atoms with Crippen LogP contribution in [0, 0.1) is 5.82 Å². The number of aromatic nitrogens is 1. The number of carbonyl (C=O) groups is 1. The van der Waals surface area contributed by atoms with Gasteiger partial charge in [-0.05, 0) is 60.7 Å². The lowest BCUT2D eigenvalue weighted by molar-refractivity contribution is -0.274. The molecule has 1 N–H and O–H groups in total. The van der Waals surface area contributed by atoms with Gasteiger partial charge in [-0.2, -0.15) is 0 Å². The van der Waals surface area contributed by atoms with Gasteiger partial charge < -0.3 is 19.5 Å². The predicted octanol–water partition coefficient (Wildman–Crippen LogP) is 5.84. The summed E-state index contributed by atoms with van der Waals surface area (Å²) < 4.78 is 55.6. The molecule has 0 atom stereocenters. The van der Waals surface area contributed by atoms with Crippen molar-refractivity contribution in [1.29, 1.82) is 0 Å². The predicted molar refractivity (Wildman–Crippen MR) is 127 cm³/mol. The average molecular weight is 524 g/mol. The van der Waals surface area contributed by atoms with E-state index >= 15 is 0 Å². The van der Waals surface area contributed by atoms with Crippen molar-refractivity contribution in [1.82, 2.24) is 9.47 Å². The summed E-state index contributed by atoms with van der Waals surface area (Å²) in [4.78, 5) is 27.6. The van der Waals surface area contributed by atoms with E-state index in [1.165, 1.54) is 42.1 Å². The third-order valence-electron chi connectivity index (χ3n) is 6.03. The van der Waals surface area contributed by atoms with Gasteiger partial charge in [0.25, 0.3) is 11.5 Å². The molecule has 3 aromatic rings. The molecule has 1 aliphatic heterocycles. The number of hydrogen-bond acceptors (Lipinski definition) is 4. The van der Waals surface area contributed by atoms with Crippen LogP contribution in [0.1, 0.15) is 34.7 Å². The molecule has 36 heavy (non-hydrogen) atoms. The van der Waals surface area contributed by atoms with Gasteiger partial charge in [0.1, 0.15) is 16.6 Å².